The van der Waals surface area contributed by atoms with Crippen LogP contribution < -0.4 is 4.72 Å². The Kier molecular flexibility index (Phi) is 4.87. The monoisotopic (exact) mass is 291 g/mol. The fraction of sp³-hybridized carbons (Fsp3) is 1.00. The third kappa shape index (κ3) is 4.15. The van der Waals surface area contributed by atoms with Gasteiger partial charge < -0.3 is 9.84 Å². The zero-order chi connectivity index (χ0) is 13.9. The first-order valence-corrected chi connectivity index (χ1v) is 8.74. The minimum absolute atomic E-state index is 0.150. The van der Waals surface area contributed by atoms with Crippen molar-refractivity contribution in [1.29, 1.82) is 0 Å². The second-order valence-electron chi connectivity index (χ2n) is 6.10. The Morgan fingerprint density at radius 1 is 1.32 bits per heavy atom. The average molecular weight is 291 g/mol. The molecule has 5 nitrogen and oxygen atoms in total. The molecule has 2 fully saturated rings. The summed E-state index contributed by atoms with van der Waals surface area (Å²) >= 11 is 0. The molecule has 0 aromatic carbocycles. The number of hydrogen-bond donors (Lipinski definition) is 2. The lowest BCUT2D eigenvalue weighted by Gasteiger charge is -2.36. The Morgan fingerprint density at radius 2 is 2.00 bits per heavy atom. The normalized spacial score (nSPS) is 34.3. The van der Waals surface area contributed by atoms with Gasteiger partial charge in [0.15, 0.2) is 0 Å². The van der Waals surface area contributed by atoms with Crippen LogP contribution in [0, 0.1) is 5.92 Å². The highest BCUT2D eigenvalue weighted by atomic mass is 32.2. The summed E-state index contributed by atoms with van der Waals surface area (Å²) in [6.07, 6.45) is 4.55. The molecular formula is C13H25NO4S. The van der Waals surface area contributed by atoms with E-state index in [1.807, 2.05) is 0 Å². The van der Waals surface area contributed by atoms with E-state index in [4.69, 9.17) is 4.74 Å². The highest BCUT2D eigenvalue weighted by molar-refractivity contribution is 7.90. The molecule has 0 radical (unpaired) electrons. The summed E-state index contributed by atoms with van der Waals surface area (Å²) in [6, 6.07) is 0. The lowest BCUT2D eigenvalue weighted by molar-refractivity contribution is -0.00763. The first kappa shape index (κ1) is 15.2. The number of rotatable bonds is 4. The molecule has 19 heavy (non-hydrogen) atoms. The fourth-order valence-corrected chi connectivity index (χ4v) is 4.65. The minimum atomic E-state index is -3.33. The Balaban J connectivity index is 1.89. The number of ether oxygens (including phenoxy) is 1. The van der Waals surface area contributed by atoms with Crippen LogP contribution in [-0.4, -0.2) is 44.1 Å². The average Bonchev–Trinajstić information content (AvgIpc) is 2.38. The third-order valence-electron chi connectivity index (χ3n) is 4.28. The van der Waals surface area contributed by atoms with Gasteiger partial charge in [0.25, 0.3) is 0 Å². The van der Waals surface area contributed by atoms with Crippen molar-refractivity contribution in [2.24, 2.45) is 5.92 Å². The highest BCUT2D eigenvalue weighted by Crippen LogP contribution is 2.32. The van der Waals surface area contributed by atoms with Gasteiger partial charge in [-0.1, -0.05) is 19.8 Å². The van der Waals surface area contributed by atoms with Gasteiger partial charge >= 0.3 is 0 Å². The quantitative estimate of drug-likeness (QED) is 0.811. The van der Waals surface area contributed by atoms with Crippen molar-refractivity contribution in [3.8, 4) is 0 Å². The number of sulfonamides is 1. The number of hydrogen-bond acceptors (Lipinski definition) is 4. The minimum Gasteiger partial charge on any atom is -0.389 e. The van der Waals surface area contributed by atoms with E-state index in [0.29, 0.717) is 44.8 Å². The van der Waals surface area contributed by atoms with Gasteiger partial charge in [0.1, 0.15) is 0 Å². The molecule has 1 saturated carbocycles. The van der Waals surface area contributed by atoms with E-state index in [-0.39, 0.29) is 11.8 Å². The molecule has 2 aliphatic rings. The van der Waals surface area contributed by atoms with Crippen LogP contribution in [-0.2, 0) is 14.8 Å². The Hall–Kier alpha value is -0.170. The molecule has 0 aromatic rings. The molecule has 0 amide bonds. The smallest absolute Gasteiger partial charge is 0.214 e. The maximum Gasteiger partial charge on any atom is 0.214 e. The van der Waals surface area contributed by atoms with Crippen LogP contribution in [0.1, 0.15) is 45.4 Å². The standard InChI is InChI=1S/C13H25NO4S/c1-11-3-2-6-13(15,9-11)10-14-19(16,17)12-4-7-18-8-5-12/h11-12,14-15H,2-10H2,1H3. The molecule has 6 heteroatoms. The number of aliphatic hydroxyl groups is 1. The fourth-order valence-electron chi connectivity index (χ4n) is 3.13. The van der Waals surface area contributed by atoms with E-state index in [2.05, 4.69) is 11.6 Å². The van der Waals surface area contributed by atoms with Gasteiger partial charge in [-0.2, -0.15) is 0 Å². The second kappa shape index (κ2) is 6.08. The topological polar surface area (TPSA) is 75.6 Å². The summed E-state index contributed by atoms with van der Waals surface area (Å²) in [5.41, 5.74) is -0.865. The SMILES string of the molecule is CC1CCCC(O)(CNS(=O)(=O)C2CCOCC2)C1. The predicted molar refractivity (Wildman–Crippen MR) is 73.3 cm³/mol. The molecule has 1 aliphatic heterocycles. The van der Waals surface area contributed by atoms with E-state index in [1.165, 1.54) is 0 Å². The first-order chi connectivity index (χ1) is 8.91. The molecule has 0 spiro atoms. The molecule has 2 N–H and O–H groups in total. The van der Waals surface area contributed by atoms with Crippen molar-refractivity contribution in [3.05, 3.63) is 0 Å². The molecule has 112 valence electrons. The third-order valence-corrected chi connectivity index (χ3v) is 6.17. The lowest BCUT2D eigenvalue weighted by Crippen LogP contribution is -2.48. The molecule has 0 aromatic heterocycles. The number of nitrogens with one attached hydrogen (secondary N) is 1. The molecule has 1 saturated heterocycles. The Bertz CT molecular complexity index is 391. The second-order valence-corrected chi connectivity index (χ2v) is 8.15. The molecule has 1 aliphatic carbocycles. The van der Waals surface area contributed by atoms with E-state index < -0.39 is 15.6 Å². The van der Waals surface area contributed by atoms with Crippen molar-refractivity contribution in [3.63, 3.8) is 0 Å². The summed E-state index contributed by atoms with van der Waals surface area (Å²) < 4.78 is 32.2. The van der Waals surface area contributed by atoms with Crippen LogP contribution in [0.5, 0.6) is 0 Å². The predicted octanol–water partition coefficient (Wildman–Crippen LogP) is 1.03. The van der Waals surface area contributed by atoms with E-state index in [9.17, 15) is 13.5 Å². The molecule has 2 atom stereocenters. The van der Waals surface area contributed by atoms with Gasteiger partial charge in [-0.25, -0.2) is 13.1 Å². The van der Waals surface area contributed by atoms with Crippen LogP contribution in [0.2, 0.25) is 0 Å². The van der Waals surface area contributed by atoms with Crippen molar-refractivity contribution in [2.45, 2.75) is 56.3 Å². The van der Waals surface area contributed by atoms with Crippen LogP contribution in [0.3, 0.4) is 0 Å². The maximum atomic E-state index is 12.2. The Labute approximate surface area is 115 Å². The van der Waals surface area contributed by atoms with Gasteiger partial charge in [-0.15, -0.1) is 0 Å². The van der Waals surface area contributed by atoms with E-state index >= 15 is 0 Å². The van der Waals surface area contributed by atoms with Gasteiger partial charge in [-0.05, 0) is 31.6 Å². The summed E-state index contributed by atoms with van der Waals surface area (Å²) in [4.78, 5) is 0. The van der Waals surface area contributed by atoms with Gasteiger partial charge in [0.2, 0.25) is 10.0 Å². The molecule has 2 rings (SSSR count). The van der Waals surface area contributed by atoms with Crippen molar-refractivity contribution in [1.82, 2.24) is 4.72 Å². The van der Waals surface area contributed by atoms with Crippen molar-refractivity contribution in [2.75, 3.05) is 19.8 Å². The summed E-state index contributed by atoms with van der Waals surface area (Å²) in [7, 11) is -3.33. The lowest BCUT2D eigenvalue weighted by atomic mass is 9.79. The van der Waals surface area contributed by atoms with Gasteiger partial charge in [0.05, 0.1) is 10.9 Å². The van der Waals surface area contributed by atoms with Gasteiger partial charge in [-0.3, -0.25) is 0 Å². The molecule has 1 heterocycles. The summed E-state index contributed by atoms with van der Waals surface area (Å²) in [6.45, 7) is 3.27. The maximum absolute atomic E-state index is 12.2. The zero-order valence-electron chi connectivity index (χ0n) is 11.6. The molecule has 0 bridgehead atoms. The largest absolute Gasteiger partial charge is 0.389 e. The first-order valence-electron chi connectivity index (χ1n) is 7.20. The summed E-state index contributed by atoms with van der Waals surface area (Å²) in [5, 5.41) is 10.1. The van der Waals surface area contributed by atoms with Crippen LogP contribution in [0.15, 0.2) is 0 Å². The van der Waals surface area contributed by atoms with Crippen LogP contribution in [0.4, 0.5) is 0 Å². The van der Waals surface area contributed by atoms with Crippen LogP contribution in [0.25, 0.3) is 0 Å². The Morgan fingerprint density at radius 3 is 2.63 bits per heavy atom. The molecular weight excluding hydrogens is 266 g/mol. The van der Waals surface area contributed by atoms with Crippen molar-refractivity contribution < 1.29 is 18.3 Å². The van der Waals surface area contributed by atoms with Crippen molar-refractivity contribution >= 4 is 10.0 Å². The van der Waals surface area contributed by atoms with Crippen LogP contribution >= 0.6 is 0 Å². The summed E-state index contributed by atoms with van der Waals surface area (Å²) in [5.74, 6) is 0.464. The highest BCUT2D eigenvalue weighted by Gasteiger charge is 2.35. The zero-order valence-corrected chi connectivity index (χ0v) is 12.4. The van der Waals surface area contributed by atoms with E-state index in [1.54, 1.807) is 0 Å². The van der Waals surface area contributed by atoms with Gasteiger partial charge in [0, 0.05) is 19.8 Å². The molecule has 2 unspecified atom stereocenters. The van der Waals surface area contributed by atoms with E-state index in [0.717, 1.165) is 12.8 Å².